The van der Waals surface area contributed by atoms with Crippen molar-refractivity contribution in [1.82, 2.24) is 0 Å². The minimum absolute atomic E-state index is 0.586. The van der Waals surface area contributed by atoms with E-state index in [4.69, 9.17) is 28.4 Å². The summed E-state index contributed by atoms with van der Waals surface area (Å²) in [5.74, 6) is 0. The van der Waals surface area contributed by atoms with Crippen molar-refractivity contribution in [3.05, 3.63) is 0 Å². The van der Waals surface area contributed by atoms with E-state index in [0.29, 0.717) is 79.3 Å². The predicted octanol–water partition coefficient (Wildman–Crippen LogP) is -2.09. The zero-order valence-electron chi connectivity index (χ0n) is 16.5. The maximum atomic E-state index is 9.41. The Morgan fingerprint density at radius 2 is 0.500 bits per heavy atom. The smallest absolute Gasteiger partial charge is 0.206 e. The molecule has 0 aromatic heterocycles. The van der Waals surface area contributed by atoms with Gasteiger partial charge in [0.05, 0.1) is 91.8 Å². The summed E-state index contributed by atoms with van der Waals surface area (Å²) in [5.41, 5.74) is 0. The molecule has 1 rings (SSSR count). The molecule has 0 unspecified atom stereocenters. The molecular formula is C14H34N2O10S2. The summed E-state index contributed by atoms with van der Waals surface area (Å²) >= 11 is 0. The molecule has 0 amide bonds. The normalized spacial score (nSPS) is 19.6. The first kappa shape index (κ1) is 29.8. The number of hydrogen-bond donors (Lipinski definition) is 2. The van der Waals surface area contributed by atoms with Crippen LogP contribution in [0.25, 0.3) is 0 Å². The van der Waals surface area contributed by atoms with Gasteiger partial charge >= 0.3 is 0 Å². The summed E-state index contributed by atoms with van der Waals surface area (Å²) in [6.07, 6.45) is 1.88. The number of sulfonamides is 2. The van der Waals surface area contributed by atoms with E-state index in [0.717, 1.165) is 12.5 Å². The van der Waals surface area contributed by atoms with Crippen LogP contribution >= 0.6 is 0 Å². The average molecular weight is 455 g/mol. The Labute approximate surface area is 167 Å². The molecule has 172 valence electrons. The summed E-state index contributed by atoms with van der Waals surface area (Å²) in [6.45, 7) is 7.04. The standard InChI is InChI=1S/C12H24O6.2CH5NO2S/c1-2-14-5-6-16-9-10-18-12-11-17-8-7-15-4-3-13-1;2*1-5(2,3)4/h1-12H2;2*1H3,(H2,2,3,4). The van der Waals surface area contributed by atoms with Gasteiger partial charge in [0.1, 0.15) is 0 Å². The van der Waals surface area contributed by atoms with Crippen molar-refractivity contribution in [2.24, 2.45) is 10.3 Å². The molecule has 0 saturated carbocycles. The SMILES string of the molecule is C1COCCOCCOCCOCCOCCO1.CS(N)(=O)=O.CS(N)(=O)=O. The van der Waals surface area contributed by atoms with Gasteiger partial charge in [0.25, 0.3) is 0 Å². The van der Waals surface area contributed by atoms with E-state index >= 15 is 0 Å². The molecule has 1 fully saturated rings. The number of nitrogens with two attached hydrogens (primary N) is 2. The van der Waals surface area contributed by atoms with E-state index in [1.807, 2.05) is 0 Å². The molecule has 0 atom stereocenters. The highest BCUT2D eigenvalue weighted by Gasteiger charge is 1.95. The molecule has 14 heteroatoms. The molecule has 28 heavy (non-hydrogen) atoms. The lowest BCUT2D eigenvalue weighted by Crippen LogP contribution is -2.16. The molecule has 0 aliphatic carbocycles. The predicted molar refractivity (Wildman–Crippen MR) is 103 cm³/mol. The summed E-state index contributed by atoms with van der Waals surface area (Å²) in [7, 11) is -6.33. The van der Waals surface area contributed by atoms with Gasteiger partial charge in [-0.1, -0.05) is 0 Å². The lowest BCUT2D eigenvalue weighted by molar-refractivity contribution is -0.0334. The second-order valence-electron chi connectivity index (χ2n) is 5.33. The second-order valence-corrected chi connectivity index (χ2v) is 8.65. The topological polar surface area (TPSA) is 176 Å². The van der Waals surface area contributed by atoms with Crippen LogP contribution in [-0.2, 0) is 48.5 Å². The van der Waals surface area contributed by atoms with E-state index in [1.165, 1.54) is 0 Å². The Bertz CT molecular complexity index is 407. The third kappa shape index (κ3) is 50.0. The molecule has 0 spiro atoms. The van der Waals surface area contributed by atoms with E-state index < -0.39 is 20.0 Å². The quantitative estimate of drug-likeness (QED) is 0.412. The third-order valence-corrected chi connectivity index (χ3v) is 2.23. The van der Waals surface area contributed by atoms with Crippen LogP contribution < -0.4 is 10.3 Å². The summed E-state index contributed by atoms with van der Waals surface area (Å²) in [4.78, 5) is 0. The van der Waals surface area contributed by atoms with Crippen LogP contribution in [-0.4, -0.2) is 109 Å². The Hall–Kier alpha value is -0.420. The van der Waals surface area contributed by atoms with Gasteiger partial charge in [-0.15, -0.1) is 0 Å². The molecule has 0 aromatic rings. The molecular weight excluding hydrogens is 420 g/mol. The van der Waals surface area contributed by atoms with E-state index in [1.54, 1.807) is 0 Å². The highest BCUT2D eigenvalue weighted by atomic mass is 32.2. The highest BCUT2D eigenvalue weighted by molar-refractivity contribution is 7.88. The monoisotopic (exact) mass is 454 g/mol. The van der Waals surface area contributed by atoms with Crippen molar-refractivity contribution in [3.8, 4) is 0 Å². The fourth-order valence-corrected chi connectivity index (χ4v) is 1.32. The summed E-state index contributed by atoms with van der Waals surface area (Å²) in [6, 6.07) is 0. The number of hydrogen-bond acceptors (Lipinski definition) is 10. The Kier molecular flexibility index (Phi) is 21.1. The van der Waals surface area contributed by atoms with Crippen molar-refractivity contribution < 1.29 is 45.3 Å². The first-order valence-corrected chi connectivity index (χ1v) is 12.3. The van der Waals surface area contributed by atoms with Gasteiger partial charge < -0.3 is 28.4 Å². The molecule has 1 aliphatic rings. The van der Waals surface area contributed by atoms with Crippen molar-refractivity contribution in [1.29, 1.82) is 0 Å². The van der Waals surface area contributed by atoms with Crippen LogP contribution in [0.3, 0.4) is 0 Å². The highest BCUT2D eigenvalue weighted by Crippen LogP contribution is 1.86. The first-order valence-electron chi connectivity index (χ1n) is 8.42. The van der Waals surface area contributed by atoms with Gasteiger partial charge in [-0.25, -0.2) is 27.1 Å². The van der Waals surface area contributed by atoms with Crippen LogP contribution in [0.5, 0.6) is 0 Å². The fraction of sp³-hybridized carbons (Fsp3) is 1.00. The van der Waals surface area contributed by atoms with Gasteiger partial charge in [0, 0.05) is 0 Å². The summed E-state index contributed by atoms with van der Waals surface area (Å²) in [5, 5.41) is 8.65. The van der Waals surface area contributed by atoms with Crippen molar-refractivity contribution in [2.75, 3.05) is 91.8 Å². The van der Waals surface area contributed by atoms with Gasteiger partial charge in [-0.2, -0.15) is 0 Å². The molecule has 12 nitrogen and oxygen atoms in total. The van der Waals surface area contributed by atoms with Crippen LogP contribution in [0.4, 0.5) is 0 Å². The maximum Gasteiger partial charge on any atom is 0.206 e. The van der Waals surface area contributed by atoms with Gasteiger partial charge in [0.15, 0.2) is 0 Å². The second kappa shape index (κ2) is 19.9. The number of ether oxygens (including phenoxy) is 6. The molecule has 0 aromatic carbocycles. The van der Waals surface area contributed by atoms with Crippen LogP contribution in [0.2, 0.25) is 0 Å². The minimum Gasteiger partial charge on any atom is -0.377 e. The van der Waals surface area contributed by atoms with Crippen LogP contribution in [0, 0.1) is 0 Å². The van der Waals surface area contributed by atoms with E-state index in [9.17, 15) is 16.8 Å². The molecule has 0 radical (unpaired) electrons. The van der Waals surface area contributed by atoms with Crippen molar-refractivity contribution in [2.45, 2.75) is 0 Å². The van der Waals surface area contributed by atoms with Crippen LogP contribution in [0.1, 0.15) is 0 Å². The maximum absolute atomic E-state index is 9.41. The summed E-state index contributed by atoms with van der Waals surface area (Å²) < 4.78 is 69.6. The average Bonchev–Trinajstić information content (AvgIpc) is 2.52. The molecule has 4 N–H and O–H groups in total. The molecule has 1 saturated heterocycles. The molecule has 1 aliphatic heterocycles. The lowest BCUT2D eigenvalue weighted by atomic mass is 10.6. The van der Waals surface area contributed by atoms with Gasteiger partial charge in [-0.05, 0) is 0 Å². The zero-order chi connectivity index (χ0) is 21.7. The first-order chi connectivity index (χ1) is 13.0. The van der Waals surface area contributed by atoms with E-state index in [2.05, 4.69) is 10.3 Å². The minimum atomic E-state index is -3.17. The van der Waals surface area contributed by atoms with E-state index in [-0.39, 0.29) is 0 Å². The Morgan fingerprint density at radius 3 is 0.571 bits per heavy atom. The Morgan fingerprint density at radius 1 is 0.429 bits per heavy atom. The fourth-order valence-electron chi connectivity index (χ4n) is 1.32. The van der Waals surface area contributed by atoms with Gasteiger partial charge in [-0.3, -0.25) is 0 Å². The number of primary sulfonamides is 2. The third-order valence-electron chi connectivity index (χ3n) is 2.23. The van der Waals surface area contributed by atoms with Crippen LogP contribution in [0.15, 0.2) is 0 Å². The largest absolute Gasteiger partial charge is 0.377 e. The lowest BCUT2D eigenvalue weighted by Gasteiger charge is -2.09. The number of rotatable bonds is 0. The molecule has 1 heterocycles. The van der Waals surface area contributed by atoms with Gasteiger partial charge in [0.2, 0.25) is 20.0 Å². The zero-order valence-corrected chi connectivity index (χ0v) is 18.2. The Balaban J connectivity index is 0. The van der Waals surface area contributed by atoms with Crippen molar-refractivity contribution >= 4 is 20.0 Å². The van der Waals surface area contributed by atoms with Crippen molar-refractivity contribution in [3.63, 3.8) is 0 Å². The molecule has 0 bridgehead atoms.